The number of nitrogens with zero attached hydrogens (tertiary/aromatic N) is 2. The van der Waals surface area contributed by atoms with Crippen molar-refractivity contribution in [2.45, 2.75) is 63.6 Å². The molecule has 0 aliphatic carbocycles. The van der Waals surface area contributed by atoms with Gasteiger partial charge < -0.3 is 10.1 Å². The number of rotatable bonds is 2. The average Bonchev–Trinajstić information content (AvgIpc) is 3.00. The van der Waals surface area contributed by atoms with E-state index in [0.29, 0.717) is 18.1 Å². The zero-order valence-electron chi connectivity index (χ0n) is 12.5. The molecule has 1 aromatic rings. The van der Waals surface area contributed by atoms with Gasteiger partial charge in [-0.25, -0.2) is 9.97 Å². The fourth-order valence-electron chi connectivity index (χ4n) is 3.20. The molecule has 2 aliphatic rings. The zero-order valence-corrected chi connectivity index (χ0v) is 14.7. The number of nitrogens with one attached hydrogen (secondary N) is 1. The van der Waals surface area contributed by atoms with E-state index in [4.69, 9.17) is 14.7 Å². The van der Waals surface area contributed by atoms with Crippen molar-refractivity contribution in [1.82, 2.24) is 9.97 Å². The first kappa shape index (κ1) is 14.5. The lowest BCUT2D eigenvalue weighted by Crippen LogP contribution is -2.23. The highest BCUT2D eigenvalue weighted by atomic mass is 127. The van der Waals surface area contributed by atoms with Crippen molar-refractivity contribution >= 4 is 28.4 Å². The van der Waals surface area contributed by atoms with E-state index in [-0.39, 0.29) is 5.41 Å². The summed E-state index contributed by atoms with van der Waals surface area (Å²) >= 11 is 2.35. The molecule has 5 heteroatoms. The van der Waals surface area contributed by atoms with Crippen molar-refractivity contribution in [3.63, 3.8) is 0 Å². The summed E-state index contributed by atoms with van der Waals surface area (Å²) in [6.07, 6.45) is 4.21. The third-order valence-corrected chi connectivity index (χ3v) is 5.28. The molecular formula is C15H22IN3O. The van der Waals surface area contributed by atoms with Crippen LogP contribution in [0.25, 0.3) is 0 Å². The maximum atomic E-state index is 5.97. The minimum Gasteiger partial charge on any atom is -0.374 e. The van der Waals surface area contributed by atoms with Crippen LogP contribution < -0.4 is 5.32 Å². The van der Waals surface area contributed by atoms with Crippen LogP contribution in [0.2, 0.25) is 0 Å². The van der Waals surface area contributed by atoms with E-state index in [9.17, 15) is 0 Å². The van der Waals surface area contributed by atoms with Crippen LogP contribution in [0.5, 0.6) is 0 Å². The molecule has 110 valence electrons. The van der Waals surface area contributed by atoms with Gasteiger partial charge in [-0.05, 0) is 41.9 Å². The normalized spacial score (nSPS) is 28.9. The Kier molecular flexibility index (Phi) is 3.69. The van der Waals surface area contributed by atoms with Crippen molar-refractivity contribution in [3.05, 3.63) is 15.1 Å². The first-order chi connectivity index (χ1) is 9.40. The summed E-state index contributed by atoms with van der Waals surface area (Å²) in [4.78, 5) is 9.67. The highest BCUT2D eigenvalue weighted by Gasteiger charge is 2.43. The van der Waals surface area contributed by atoms with Crippen molar-refractivity contribution in [1.29, 1.82) is 0 Å². The SMILES string of the molecule is CNc1nc(C2CC3CCC2O3)nc(C(C)(C)C)c1I. The molecule has 0 aromatic carbocycles. The highest BCUT2D eigenvalue weighted by molar-refractivity contribution is 14.1. The van der Waals surface area contributed by atoms with Crippen LogP contribution in [0.4, 0.5) is 5.82 Å². The monoisotopic (exact) mass is 387 g/mol. The van der Waals surface area contributed by atoms with E-state index in [1.54, 1.807) is 0 Å². The van der Waals surface area contributed by atoms with Crippen LogP contribution >= 0.6 is 22.6 Å². The molecule has 1 aromatic heterocycles. The first-order valence-electron chi connectivity index (χ1n) is 7.31. The fourth-order valence-corrected chi connectivity index (χ4v) is 4.52. The number of hydrogen-bond donors (Lipinski definition) is 1. The summed E-state index contributed by atoms with van der Waals surface area (Å²) in [6.45, 7) is 6.62. The largest absolute Gasteiger partial charge is 0.374 e. The lowest BCUT2D eigenvalue weighted by molar-refractivity contribution is 0.0998. The minimum atomic E-state index is 0.0261. The van der Waals surface area contributed by atoms with Gasteiger partial charge in [0.15, 0.2) is 0 Å². The van der Waals surface area contributed by atoms with Gasteiger partial charge in [-0.15, -0.1) is 0 Å². The van der Waals surface area contributed by atoms with Gasteiger partial charge in [-0.3, -0.25) is 0 Å². The topological polar surface area (TPSA) is 47.0 Å². The van der Waals surface area contributed by atoms with Gasteiger partial charge >= 0.3 is 0 Å². The molecule has 2 bridgehead atoms. The molecule has 3 unspecified atom stereocenters. The second-order valence-electron chi connectivity index (χ2n) is 6.81. The van der Waals surface area contributed by atoms with E-state index >= 15 is 0 Å². The summed E-state index contributed by atoms with van der Waals surface area (Å²) < 4.78 is 7.10. The van der Waals surface area contributed by atoms with Gasteiger partial charge in [0.05, 0.1) is 21.5 Å². The van der Waals surface area contributed by atoms with Crippen LogP contribution in [0, 0.1) is 3.57 Å². The molecule has 0 spiro atoms. The van der Waals surface area contributed by atoms with Gasteiger partial charge in [-0.1, -0.05) is 20.8 Å². The van der Waals surface area contributed by atoms with E-state index in [0.717, 1.165) is 33.7 Å². The molecule has 1 N–H and O–H groups in total. The van der Waals surface area contributed by atoms with Crippen LogP contribution in [-0.2, 0) is 10.2 Å². The Bertz CT molecular complexity index is 527. The van der Waals surface area contributed by atoms with E-state index in [1.807, 2.05) is 7.05 Å². The molecule has 0 radical (unpaired) electrons. The van der Waals surface area contributed by atoms with Crippen LogP contribution in [0.1, 0.15) is 57.5 Å². The number of fused-ring (bicyclic) bond motifs is 2. The Morgan fingerprint density at radius 2 is 2.00 bits per heavy atom. The number of hydrogen-bond acceptors (Lipinski definition) is 4. The Hall–Kier alpha value is -0.430. The number of anilines is 1. The van der Waals surface area contributed by atoms with Crippen molar-refractivity contribution in [2.24, 2.45) is 0 Å². The first-order valence-corrected chi connectivity index (χ1v) is 8.39. The van der Waals surface area contributed by atoms with E-state index in [2.05, 4.69) is 48.7 Å². The quantitative estimate of drug-likeness (QED) is 0.790. The fraction of sp³-hybridized carbons (Fsp3) is 0.733. The van der Waals surface area contributed by atoms with Crippen molar-refractivity contribution in [2.75, 3.05) is 12.4 Å². The predicted molar refractivity (Wildman–Crippen MR) is 88.2 cm³/mol. The van der Waals surface area contributed by atoms with Gasteiger partial charge in [0, 0.05) is 18.4 Å². The molecule has 3 atom stereocenters. The summed E-state index contributed by atoms with van der Waals surface area (Å²) in [5.74, 6) is 2.29. The number of ether oxygens (including phenoxy) is 1. The Morgan fingerprint density at radius 3 is 2.50 bits per heavy atom. The van der Waals surface area contributed by atoms with Crippen molar-refractivity contribution in [3.8, 4) is 0 Å². The molecule has 3 heterocycles. The summed E-state index contributed by atoms with van der Waals surface area (Å²) in [7, 11) is 1.93. The van der Waals surface area contributed by atoms with Gasteiger partial charge in [-0.2, -0.15) is 0 Å². The average molecular weight is 387 g/mol. The van der Waals surface area contributed by atoms with Crippen LogP contribution in [-0.4, -0.2) is 29.2 Å². The smallest absolute Gasteiger partial charge is 0.143 e. The molecule has 2 fully saturated rings. The minimum absolute atomic E-state index is 0.0261. The maximum Gasteiger partial charge on any atom is 0.143 e. The van der Waals surface area contributed by atoms with E-state index in [1.165, 1.54) is 6.42 Å². The molecular weight excluding hydrogens is 365 g/mol. The third kappa shape index (κ3) is 2.43. The number of aromatic nitrogens is 2. The zero-order chi connectivity index (χ0) is 14.5. The van der Waals surface area contributed by atoms with Crippen molar-refractivity contribution < 1.29 is 4.74 Å². The lowest BCUT2D eigenvalue weighted by Gasteiger charge is -2.24. The standard InChI is InChI=1S/C15H22IN3O/c1-15(2,3)12-11(16)14(17-4)19-13(18-12)9-7-8-5-6-10(9)20-8/h8-10H,5-7H2,1-4H3,(H,17,18,19). The summed E-state index contributed by atoms with van der Waals surface area (Å²) in [6, 6.07) is 0. The second kappa shape index (κ2) is 5.09. The molecule has 20 heavy (non-hydrogen) atoms. The molecule has 2 aliphatic heterocycles. The molecule has 4 nitrogen and oxygen atoms in total. The lowest BCUT2D eigenvalue weighted by atomic mass is 9.87. The predicted octanol–water partition coefficient (Wildman–Crippen LogP) is 3.46. The van der Waals surface area contributed by atoms with Gasteiger partial charge in [0.2, 0.25) is 0 Å². The van der Waals surface area contributed by atoms with Gasteiger partial charge in [0.1, 0.15) is 11.6 Å². The number of halogens is 1. The highest BCUT2D eigenvalue weighted by Crippen LogP contribution is 2.44. The molecule has 0 amide bonds. The maximum absolute atomic E-state index is 5.97. The Labute approximate surface area is 134 Å². The van der Waals surface area contributed by atoms with Gasteiger partial charge in [0.25, 0.3) is 0 Å². The Balaban J connectivity index is 2.03. The third-order valence-electron chi connectivity index (χ3n) is 4.25. The van der Waals surface area contributed by atoms with E-state index < -0.39 is 0 Å². The molecule has 2 saturated heterocycles. The Morgan fingerprint density at radius 1 is 1.25 bits per heavy atom. The summed E-state index contributed by atoms with van der Waals surface area (Å²) in [5, 5.41) is 3.22. The molecule has 0 saturated carbocycles. The molecule has 3 rings (SSSR count). The second-order valence-corrected chi connectivity index (χ2v) is 7.89. The van der Waals surface area contributed by atoms with Crippen LogP contribution in [0.3, 0.4) is 0 Å². The van der Waals surface area contributed by atoms with Crippen LogP contribution in [0.15, 0.2) is 0 Å². The summed E-state index contributed by atoms with van der Waals surface area (Å²) in [5.41, 5.74) is 1.16.